The van der Waals surface area contributed by atoms with E-state index in [1.54, 1.807) is 36.4 Å². The largest absolute Gasteiger partial charge is 0.495 e. The SMILES string of the molecule is CCOc1ccc(C(=O)Nc2cc(S(=O)(=O)Nc3ccccc3OC)ccc2OC)cc1OC. The molecule has 0 heterocycles. The monoisotopic (exact) mass is 486 g/mol. The van der Waals surface area contributed by atoms with Crippen molar-refractivity contribution in [2.45, 2.75) is 11.8 Å². The molecule has 180 valence electrons. The van der Waals surface area contributed by atoms with Gasteiger partial charge >= 0.3 is 0 Å². The Kier molecular flexibility index (Phi) is 7.85. The highest BCUT2D eigenvalue weighted by Gasteiger charge is 2.20. The van der Waals surface area contributed by atoms with E-state index in [2.05, 4.69) is 10.0 Å². The van der Waals surface area contributed by atoms with Crippen molar-refractivity contribution in [1.29, 1.82) is 0 Å². The average Bonchev–Trinajstić information content (AvgIpc) is 2.84. The van der Waals surface area contributed by atoms with E-state index < -0.39 is 15.9 Å². The van der Waals surface area contributed by atoms with Crippen LogP contribution in [-0.4, -0.2) is 42.3 Å². The second kappa shape index (κ2) is 10.8. The molecule has 0 unspecified atom stereocenters. The zero-order valence-electron chi connectivity index (χ0n) is 19.2. The van der Waals surface area contributed by atoms with Crippen LogP contribution < -0.4 is 29.0 Å². The molecular formula is C24H26N2O7S. The highest BCUT2D eigenvalue weighted by molar-refractivity contribution is 7.92. The molecule has 1 amide bonds. The summed E-state index contributed by atoms with van der Waals surface area (Å²) in [6.07, 6.45) is 0. The van der Waals surface area contributed by atoms with E-state index in [0.29, 0.717) is 35.2 Å². The zero-order chi connectivity index (χ0) is 24.7. The van der Waals surface area contributed by atoms with Gasteiger partial charge in [-0.05, 0) is 55.5 Å². The Balaban J connectivity index is 1.90. The highest BCUT2D eigenvalue weighted by atomic mass is 32.2. The molecule has 0 aliphatic carbocycles. The van der Waals surface area contributed by atoms with E-state index in [4.69, 9.17) is 18.9 Å². The third-order valence-electron chi connectivity index (χ3n) is 4.81. The molecule has 0 radical (unpaired) electrons. The lowest BCUT2D eigenvalue weighted by Gasteiger charge is -2.15. The van der Waals surface area contributed by atoms with Gasteiger partial charge in [0, 0.05) is 5.56 Å². The molecule has 0 bridgehead atoms. The number of amides is 1. The minimum Gasteiger partial charge on any atom is -0.495 e. The van der Waals surface area contributed by atoms with Gasteiger partial charge in [0.25, 0.3) is 15.9 Å². The Morgan fingerprint density at radius 2 is 1.44 bits per heavy atom. The number of sulfonamides is 1. The Morgan fingerprint density at radius 3 is 2.12 bits per heavy atom. The molecule has 2 N–H and O–H groups in total. The molecule has 0 spiro atoms. The van der Waals surface area contributed by atoms with Crippen LogP contribution in [0.3, 0.4) is 0 Å². The second-order valence-electron chi connectivity index (χ2n) is 6.92. The summed E-state index contributed by atoms with van der Waals surface area (Å²) in [6, 6.07) is 15.6. The molecular weight excluding hydrogens is 460 g/mol. The van der Waals surface area contributed by atoms with Gasteiger partial charge in [0.05, 0.1) is 44.2 Å². The van der Waals surface area contributed by atoms with Gasteiger partial charge in [-0.3, -0.25) is 9.52 Å². The van der Waals surface area contributed by atoms with Crippen molar-refractivity contribution >= 4 is 27.3 Å². The van der Waals surface area contributed by atoms with Crippen LogP contribution in [0.25, 0.3) is 0 Å². The summed E-state index contributed by atoms with van der Waals surface area (Å²) in [5.74, 6) is 1.10. The minimum atomic E-state index is -3.99. The van der Waals surface area contributed by atoms with Gasteiger partial charge in [-0.2, -0.15) is 0 Å². The predicted molar refractivity (Wildman–Crippen MR) is 129 cm³/mol. The van der Waals surface area contributed by atoms with E-state index in [0.717, 1.165) is 0 Å². The van der Waals surface area contributed by atoms with Gasteiger partial charge in [-0.1, -0.05) is 12.1 Å². The van der Waals surface area contributed by atoms with Crippen molar-refractivity contribution in [1.82, 2.24) is 0 Å². The van der Waals surface area contributed by atoms with Gasteiger partial charge in [0.1, 0.15) is 11.5 Å². The van der Waals surface area contributed by atoms with Crippen molar-refractivity contribution in [3.8, 4) is 23.0 Å². The van der Waals surface area contributed by atoms with Gasteiger partial charge in [0.15, 0.2) is 11.5 Å². The van der Waals surface area contributed by atoms with Gasteiger partial charge in [-0.25, -0.2) is 8.42 Å². The van der Waals surface area contributed by atoms with E-state index in [9.17, 15) is 13.2 Å². The van der Waals surface area contributed by atoms with Gasteiger partial charge < -0.3 is 24.3 Å². The molecule has 0 saturated carbocycles. The Morgan fingerprint density at radius 1 is 0.794 bits per heavy atom. The summed E-state index contributed by atoms with van der Waals surface area (Å²) in [6.45, 7) is 2.29. The number of methoxy groups -OCH3 is 3. The van der Waals surface area contributed by atoms with Crippen LogP contribution in [0.2, 0.25) is 0 Å². The first kappa shape index (κ1) is 24.7. The van der Waals surface area contributed by atoms with E-state index >= 15 is 0 Å². The minimum absolute atomic E-state index is 0.0706. The fourth-order valence-electron chi connectivity index (χ4n) is 3.16. The van der Waals surface area contributed by atoms with E-state index in [1.165, 1.54) is 45.6 Å². The van der Waals surface area contributed by atoms with E-state index in [1.807, 2.05) is 6.92 Å². The first-order valence-corrected chi connectivity index (χ1v) is 11.8. The standard InChI is InChI=1S/C24H26N2O7S/c1-5-33-22-12-10-16(14-23(22)32-4)24(27)25-19-15-17(11-13-21(19)31-3)34(28,29)26-18-8-6-7-9-20(18)30-2/h6-15,26H,5H2,1-4H3,(H,25,27). The molecule has 34 heavy (non-hydrogen) atoms. The molecule has 3 aromatic carbocycles. The summed E-state index contributed by atoms with van der Waals surface area (Å²) < 4.78 is 49.8. The average molecular weight is 487 g/mol. The van der Waals surface area contributed by atoms with Gasteiger partial charge in [-0.15, -0.1) is 0 Å². The van der Waals surface area contributed by atoms with Crippen molar-refractivity contribution in [3.05, 3.63) is 66.2 Å². The molecule has 0 fully saturated rings. The predicted octanol–water partition coefficient (Wildman–Crippen LogP) is 4.16. The van der Waals surface area contributed by atoms with Gasteiger partial charge in [0.2, 0.25) is 0 Å². The van der Waals surface area contributed by atoms with Crippen molar-refractivity contribution in [2.24, 2.45) is 0 Å². The number of hydrogen-bond donors (Lipinski definition) is 2. The van der Waals surface area contributed by atoms with Crippen molar-refractivity contribution in [2.75, 3.05) is 38.0 Å². The number of benzene rings is 3. The summed E-state index contributed by atoms with van der Waals surface area (Å²) in [4.78, 5) is 12.8. The molecule has 0 saturated heterocycles. The summed E-state index contributed by atoms with van der Waals surface area (Å²) >= 11 is 0. The van der Waals surface area contributed by atoms with Crippen molar-refractivity contribution < 1.29 is 32.2 Å². The summed E-state index contributed by atoms with van der Waals surface area (Å²) in [5, 5.41) is 2.70. The molecule has 3 aromatic rings. The lowest BCUT2D eigenvalue weighted by molar-refractivity contribution is 0.102. The maximum absolute atomic E-state index is 13.0. The highest BCUT2D eigenvalue weighted by Crippen LogP contribution is 2.32. The van der Waals surface area contributed by atoms with Crippen LogP contribution in [0.15, 0.2) is 65.6 Å². The Hall–Kier alpha value is -3.92. The number of carbonyl (C=O) groups is 1. The molecule has 0 aliphatic heterocycles. The number of para-hydroxylation sites is 2. The fourth-order valence-corrected chi connectivity index (χ4v) is 4.26. The maximum Gasteiger partial charge on any atom is 0.262 e. The van der Waals surface area contributed by atoms with Crippen LogP contribution in [0.5, 0.6) is 23.0 Å². The third-order valence-corrected chi connectivity index (χ3v) is 6.17. The Labute approximate surface area is 198 Å². The quantitative estimate of drug-likeness (QED) is 0.442. The molecule has 0 aromatic heterocycles. The van der Waals surface area contributed by atoms with Crippen LogP contribution in [0.4, 0.5) is 11.4 Å². The normalized spacial score (nSPS) is 10.8. The molecule has 0 aliphatic rings. The van der Waals surface area contributed by atoms with Crippen molar-refractivity contribution in [3.63, 3.8) is 0 Å². The lowest BCUT2D eigenvalue weighted by atomic mass is 10.1. The number of ether oxygens (including phenoxy) is 4. The molecule has 10 heteroatoms. The number of anilines is 2. The number of rotatable bonds is 10. The van der Waals surface area contributed by atoms with Crippen LogP contribution in [-0.2, 0) is 10.0 Å². The first-order valence-electron chi connectivity index (χ1n) is 10.3. The Bertz CT molecular complexity index is 1280. The topological polar surface area (TPSA) is 112 Å². The first-order chi connectivity index (χ1) is 16.3. The van der Waals surface area contributed by atoms with E-state index in [-0.39, 0.29) is 16.3 Å². The van der Waals surface area contributed by atoms with Crippen LogP contribution >= 0.6 is 0 Å². The smallest absolute Gasteiger partial charge is 0.262 e. The summed E-state index contributed by atoms with van der Waals surface area (Å²) in [7, 11) is 0.359. The second-order valence-corrected chi connectivity index (χ2v) is 8.60. The van der Waals surface area contributed by atoms with Crippen LogP contribution in [0, 0.1) is 0 Å². The molecule has 3 rings (SSSR count). The molecule has 0 atom stereocenters. The zero-order valence-corrected chi connectivity index (χ0v) is 20.1. The fraction of sp³-hybridized carbons (Fsp3) is 0.208. The number of hydrogen-bond acceptors (Lipinski definition) is 7. The summed E-state index contributed by atoms with van der Waals surface area (Å²) in [5.41, 5.74) is 0.763. The maximum atomic E-state index is 13.0. The number of carbonyl (C=O) groups excluding carboxylic acids is 1. The van der Waals surface area contributed by atoms with Crippen LogP contribution in [0.1, 0.15) is 17.3 Å². The third kappa shape index (κ3) is 5.52. The number of nitrogens with one attached hydrogen (secondary N) is 2. The lowest BCUT2D eigenvalue weighted by Crippen LogP contribution is -2.16. The molecule has 9 nitrogen and oxygen atoms in total.